The first-order chi connectivity index (χ1) is 14.7. The molecule has 0 radical (unpaired) electrons. The third kappa shape index (κ3) is 2.62. The van der Waals surface area contributed by atoms with E-state index in [4.69, 9.17) is 19.2 Å². The van der Waals surface area contributed by atoms with Crippen molar-refractivity contribution < 1.29 is 19.0 Å². The zero-order chi connectivity index (χ0) is 20.2. The molecule has 0 spiro atoms. The number of nitrogens with zero attached hydrogens (tertiary/aromatic N) is 3. The summed E-state index contributed by atoms with van der Waals surface area (Å²) in [5, 5.41) is 1.05. The number of carbonyl (C=O) groups excluding carboxylic acids is 1. The third-order valence-corrected chi connectivity index (χ3v) is 6.23. The van der Waals surface area contributed by atoms with Gasteiger partial charge in [0.1, 0.15) is 11.3 Å². The average Bonchev–Trinajstić information content (AvgIpc) is 3.47. The Balaban J connectivity index is 1.23. The number of para-hydroxylation sites is 1. The molecule has 7 heteroatoms. The number of ether oxygens (including phenoxy) is 3. The molecule has 2 atom stereocenters. The van der Waals surface area contributed by atoms with Crippen LogP contribution >= 0.6 is 0 Å². The normalized spacial score (nSPS) is 22.3. The van der Waals surface area contributed by atoms with Gasteiger partial charge in [0.25, 0.3) is 0 Å². The smallest absolute Gasteiger partial charge is 0.244 e. The van der Waals surface area contributed by atoms with Crippen LogP contribution in [0.25, 0.3) is 10.9 Å². The number of methoxy groups -OCH3 is 1. The standard InChI is InChI=1S/C23H21N3O4/c1-28-20-4-2-3-14-5-6-15(24-22(14)20)11-25-12-17-9-18(25)23(27)26(17)16-7-8-19-21(10-16)30-13-29-19/h2-8,10,17-18H,9,11-13H2,1H3/t17-,18-/m0/s1. The van der Waals surface area contributed by atoms with Crippen LogP contribution in [0, 0.1) is 0 Å². The summed E-state index contributed by atoms with van der Waals surface area (Å²) in [6, 6.07) is 15.8. The van der Waals surface area contributed by atoms with Crippen LogP contribution < -0.4 is 19.1 Å². The van der Waals surface area contributed by atoms with Crippen LogP contribution in [0.15, 0.2) is 48.5 Å². The van der Waals surface area contributed by atoms with Gasteiger partial charge >= 0.3 is 0 Å². The number of fused-ring (bicyclic) bond motifs is 4. The second-order valence-corrected chi connectivity index (χ2v) is 7.92. The van der Waals surface area contributed by atoms with Crippen molar-refractivity contribution in [3.8, 4) is 17.2 Å². The largest absolute Gasteiger partial charge is 0.494 e. The first kappa shape index (κ1) is 17.5. The van der Waals surface area contributed by atoms with E-state index < -0.39 is 0 Å². The quantitative estimate of drug-likeness (QED) is 0.667. The molecule has 0 N–H and O–H groups in total. The minimum absolute atomic E-state index is 0.115. The van der Waals surface area contributed by atoms with E-state index in [0.717, 1.165) is 46.7 Å². The molecule has 1 amide bonds. The summed E-state index contributed by atoms with van der Waals surface area (Å²) in [4.78, 5) is 22.1. The lowest BCUT2D eigenvalue weighted by atomic mass is 10.1. The second kappa shape index (κ2) is 6.60. The summed E-state index contributed by atoms with van der Waals surface area (Å²) in [5.74, 6) is 2.34. The van der Waals surface area contributed by atoms with Crippen molar-refractivity contribution in [1.82, 2.24) is 9.88 Å². The minimum Gasteiger partial charge on any atom is -0.494 e. The number of amides is 1. The van der Waals surface area contributed by atoms with Gasteiger partial charge in [0.2, 0.25) is 12.7 Å². The van der Waals surface area contributed by atoms with Crippen LogP contribution in [0.1, 0.15) is 12.1 Å². The molecule has 3 aliphatic rings. The van der Waals surface area contributed by atoms with Crippen LogP contribution in [0.2, 0.25) is 0 Å². The van der Waals surface area contributed by atoms with Crippen molar-refractivity contribution in [2.24, 2.45) is 0 Å². The molecule has 2 saturated heterocycles. The van der Waals surface area contributed by atoms with Gasteiger partial charge in [-0.25, -0.2) is 4.98 Å². The van der Waals surface area contributed by atoms with E-state index in [1.165, 1.54) is 0 Å². The van der Waals surface area contributed by atoms with E-state index in [2.05, 4.69) is 11.0 Å². The van der Waals surface area contributed by atoms with Crippen molar-refractivity contribution in [1.29, 1.82) is 0 Å². The number of likely N-dealkylation sites (tertiary alicyclic amines) is 1. The molecule has 2 fully saturated rings. The van der Waals surface area contributed by atoms with Gasteiger partial charge in [0.15, 0.2) is 11.5 Å². The second-order valence-electron chi connectivity index (χ2n) is 7.92. The van der Waals surface area contributed by atoms with Crippen LogP contribution in [0.5, 0.6) is 17.2 Å². The Labute approximate surface area is 173 Å². The zero-order valence-electron chi connectivity index (χ0n) is 16.6. The zero-order valence-corrected chi connectivity index (χ0v) is 16.6. The van der Waals surface area contributed by atoms with Crippen LogP contribution in [0.3, 0.4) is 0 Å². The molecule has 7 nitrogen and oxygen atoms in total. The van der Waals surface area contributed by atoms with Gasteiger partial charge in [0, 0.05) is 30.2 Å². The lowest BCUT2D eigenvalue weighted by Gasteiger charge is -2.33. The number of pyridine rings is 1. The Morgan fingerprint density at radius 2 is 2.03 bits per heavy atom. The van der Waals surface area contributed by atoms with Gasteiger partial charge in [-0.05, 0) is 30.7 Å². The maximum atomic E-state index is 13.2. The Morgan fingerprint density at radius 3 is 2.90 bits per heavy atom. The lowest BCUT2D eigenvalue weighted by molar-refractivity contribution is -0.122. The first-order valence-corrected chi connectivity index (χ1v) is 10.1. The number of carbonyl (C=O) groups is 1. The Hall–Kier alpha value is -3.32. The van der Waals surface area contributed by atoms with E-state index >= 15 is 0 Å². The fourth-order valence-corrected chi connectivity index (χ4v) is 4.83. The number of rotatable bonds is 4. The Morgan fingerprint density at radius 1 is 1.13 bits per heavy atom. The van der Waals surface area contributed by atoms with Crippen molar-refractivity contribution in [2.45, 2.75) is 25.0 Å². The maximum Gasteiger partial charge on any atom is 0.244 e. The molecule has 0 unspecified atom stereocenters. The number of aromatic nitrogens is 1. The van der Waals surface area contributed by atoms with E-state index in [9.17, 15) is 4.79 Å². The highest BCUT2D eigenvalue weighted by atomic mass is 16.7. The first-order valence-electron chi connectivity index (χ1n) is 10.1. The summed E-state index contributed by atoms with van der Waals surface area (Å²) >= 11 is 0. The van der Waals surface area contributed by atoms with Crippen molar-refractivity contribution in [3.05, 3.63) is 54.2 Å². The molecule has 4 heterocycles. The SMILES string of the molecule is COc1cccc2ccc(CN3C[C@@H]4C[C@H]3C(=O)N4c3ccc4c(c3)OCO4)nc12. The van der Waals surface area contributed by atoms with E-state index in [0.29, 0.717) is 12.3 Å². The minimum atomic E-state index is -0.115. The molecule has 6 rings (SSSR count). The highest BCUT2D eigenvalue weighted by molar-refractivity contribution is 6.01. The molecule has 0 aliphatic carbocycles. The van der Waals surface area contributed by atoms with Crippen LogP contribution in [0.4, 0.5) is 5.69 Å². The molecule has 2 bridgehead atoms. The molecular formula is C23H21N3O4. The fraction of sp³-hybridized carbons (Fsp3) is 0.304. The molecule has 30 heavy (non-hydrogen) atoms. The van der Waals surface area contributed by atoms with Crippen LogP contribution in [-0.2, 0) is 11.3 Å². The number of hydrogen-bond donors (Lipinski definition) is 0. The molecular weight excluding hydrogens is 382 g/mol. The van der Waals surface area contributed by atoms with Gasteiger partial charge in [0.05, 0.1) is 24.9 Å². The molecule has 0 saturated carbocycles. The van der Waals surface area contributed by atoms with Gasteiger partial charge in [-0.15, -0.1) is 0 Å². The Kier molecular flexibility index (Phi) is 3.86. The van der Waals surface area contributed by atoms with Gasteiger partial charge < -0.3 is 19.1 Å². The predicted octanol–water partition coefficient (Wildman–Crippen LogP) is 2.96. The highest BCUT2D eigenvalue weighted by Crippen LogP contribution is 2.41. The van der Waals surface area contributed by atoms with Crippen molar-refractivity contribution in [2.75, 3.05) is 25.3 Å². The summed E-state index contributed by atoms with van der Waals surface area (Å²) in [5.41, 5.74) is 2.68. The number of piperazine rings is 1. The summed E-state index contributed by atoms with van der Waals surface area (Å²) < 4.78 is 16.3. The molecule has 1 aromatic heterocycles. The number of anilines is 1. The maximum absolute atomic E-state index is 13.2. The van der Waals surface area contributed by atoms with Gasteiger partial charge in [-0.2, -0.15) is 0 Å². The average molecular weight is 403 g/mol. The predicted molar refractivity (Wildman–Crippen MR) is 111 cm³/mol. The fourth-order valence-electron chi connectivity index (χ4n) is 4.83. The number of benzene rings is 2. The van der Waals surface area contributed by atoms with Crippen molar-refractivity contribution in [3.63, 3.8) is 0 Å². The van der Waals surface area contributed by atoms with Gasteiger partial charge in [-0.3, -0.25) is 9.69 Å². The third-order valence-electron chi connectivity index (χ3n) is 6.23. The van der Waals surface area contributed by atoms with E-state index in [1.807, 2.05) is 47.4 Å². The molecule has 3 aromatic rings. The number of hydrogen-bond acceptors (Lipinski definition) is 6. The summed E-state index contributed by atoms with van der Waals surface area (Å²) in [6.45, 7) is 1.71. The van der Waals surface area contributed by atoms with Crippen LogP contribution in [-0.4, -0.2) is 48.3 Å². The van der Waals surface area contributed by atoms with E-state index in [1.54, 1.807) is 7.11 Å². The molecule has 3 aliphatic heterocycles. The monoisotopic (exact) mass is 403 g/mol. The lowest BCUT2D eigenvalue weighted by Crippen LogP contribution is -2.50. The molecule has 152 valence electrons. The Bertz CT molecular complexity index is 1160. The summed E-state index contributed by atoms with van der Waals surface area (Å²) in [7, 11) is 1.66. The summed E-state index contributed by atoms with van der Waals surface area (Å²) in [6.07, 6.45) is 0.837. The van der Waals surface area contributed by atoms with E-state index in [-0.39, 0.29) is 24.8 Å². The topological polar surface area (TPSA) is 64.1 Å². The van der Waals surface area contributed by atoms with Crippen molar-refractivity contribution >= 4 is 22.5 Å². The molecule has 2 aromatic carbocycles. The highest BCUT2D eigenvalue weighted by Gasteiger charge is 2.50. The van der Waals surface area contributed by atoms with Gasteiger partial charge in [-0.1, -0.05) is 18.2 Å².